The van der Waals surface area contributed by atoms with Gasteiger partial charge in [0.1, 0.15) is 0 Å². The van der Waals surface area contributed by atoms with Crippen LogP contribution < -0.4 is 4.74 Å². The van der Waals surface area contributed by atoms with Gasteiger partial charge in [0.05, 0.1) is 23.1 Å². The molecule has 1 aromatic heterocycles. The fourth-order valence-electron chi connectivity index (χ4n) is 3.14. The average molecular weight is 349 g/mol. The molecule has 8 heteroatoms. The number of nitro groups is 1. The molecule has 1 aliphatic heterocycles. The van der Waals surface area contributed by atoms with Crippen LogP contribution in [-0.2, 0) is 6.54 Å². The van der Waals surface area contributed by atoms with Crippen LogP contribution >= 0.6 is 11.3 Å². The van der Waals surface area contributed by atoms with E-state index in [9.17, 15) is 15.2 Å². The predicted octanol–water partition coefficient (Wildman–Crippen LogP) is 3.15. The number of rotatable bonds is 5. The average Bonchev–Trinajstić information content (AvgIpc) is 3.10. The van der Waals surface area contributed by atoms with Crippen LogP contribution in [0.5, 0.6) is 11.5 Å². The van der Waals surface area contributed by atoms with Crippen molar-refractivity contribution in [2.45, 2.75) is 25.3 Å². The minimum absolute atomic E-state index is 0.0790. The number of benzene rings is 1. The quantitative estimate of drug-likeness (QED) is 0.659. The van der Waals surface area contributed by atoms with Gasteiger partial charge in [-0.3, -0.25) is 15.0 Å². The Morgan fingerprint density at radius 2 is 2.38 bits per heavy atom. The Labute approximate surface area is 143 Å². The number of aromatic nitrogens is 1. The predicted molar refractivity (Wildman–Crippen MR) is 90.7 cm³/mol. The monoisotopic (exact) mass is 349 g/mol. The Kier molecular flexibility index (Phi) is 4.96. The summed E-state index contributed by atoms with van der Waals surface area (Å²) in [6.45, 7) is 2.17. The SMILES string of the molecule is COc1cc(CN2CCC[C@H](c3nccs3)C2)c([N+](=O)[O-])cc1O. The first kappa shape index (κ1) is 16.7. The number of nitro benzene ring substituents is 1. The van der Waals surface area contributed by atoms with Crippen molar-refractivity contribution in [3.63, 3.8) is 0 Å². The molecule has 2 heterocycles. The van der Waals surface area contributed by atoms with Gasteiger partial charge in [0, 0.05) is 36.1 Å². The van der Waals surface area contributed by atoms with Crippen LogP contribution in [0, 0.1) is 10.1 Å². The number of thiazole rings is 1. The fourth-order valence-corrected chi connectivity index (χ4v) is 3.90. The van der Waals surface area contributed by atoms with E-state index in [2.05, 4.69) is 9.88 Å². The van der Waals surface area contributed by atoms with Crippen LogP contribution in [0.2, 0.25) is 0 Å². The Morgan fingerprint density at radius 1 is 1.54 bits per heavy atom. The van der Waals surface area contributed by atoms with Crippen molar-refractivity contribution in [3.8, 4) is 11.5 Å². The molecule has 1 atom stereocenters. The highest BCUT2D eigenvalue weighted by Crippen LogP contribution is 2.35. The lowest BCUT2D eigenvalue weighted by Crippen LogP contribution is -2.34. The third kappa shape index (κ3) is 3.49. The molecule has 1 aliphatic rings. The molecule has 0 saturated carbocycles. The van der Waals surface area contributed by atoms with Crippen LogP contribution in [0.3, 0.4) is 0 Å². The first-order chi connectivity index (χ1) is 11.6. The number of phenolic OH excluding ortho intramolecular Hbond substituents is 1. The molecule has 1 N–H and O–H groups in total. The minimum Gasteiger partial charge on any atom is -0.504 e. The molecule has 0 aliphatic carbocycles. The number of hydrogen-bond donors (Lipinski definition) is 1. The lowest BCUT2D eigenvalue weighted by molar-refractivity contribution is -0.385. The number of nitrogens with zero attached hydrogens (tertiary/aromatic N) is 3. The summed E-state index contributed by atoms with van der Waals surface area (Å²) in [5, 5.41) is 24.2. The van der Waals surface area contributed by atoms with E-state index in [0.29, 0.717) is 18.0 Å². The summed E-state index contributed by atoms with van der Waals surface area (Å²) >= 11 is 1.65. The van der Waals surface area contributed by atoms with Crippen molar-refractivity contribution in [2.24, 2.45) is 0 Å². The van der Waals surface area contributed by atoms with E-state index < -0.39 is 4.92 Å². The highest BCUT2D eigenvalue weighted by Gasteiger charge is 2.26. The zero-order chi connectivity index (χ0) is 17.1. The summed E-state index contributed by atoms with van der Waals surface area (Å²) in [4.78, 5) is 17.4. The van der Waals surface area contributed by atoms with E-state index in [1.807, 2.05) is 11.6 Å². The summed E-state index contributed by atoms with van der Waals surface area (Å²) in [6, 6.07) is 2.72. The summed E-state index contributed by atoms with van der Waals surface area (Å²) in [6.07, 6.45) is 3.94. The fraction of sp³-hybridized carbons (Fsp3) is 0.438. The van der Waals surface area contributed by atoms with E-state index in [0.717, 1.165) is 37.0 Å². The molecule has 128 valence electrons. The molecule has 0 bridgehead atoms. The van der Waals surface area contributed by atoms with E-state index in [4.69, 9.17) is 4.74 Å². The van der Waals surface area contributed by atoms with Crippen LogP contribution in [-0.4, -0.2) is 40.1 Å². The summed E-state index contributed by atoms with van der Waals surface area (Å²) in [7, 11) is 1.43. The number of likely N-dealkylation sites (tertiary alicyclic amines) is 1. The Morgan fingerprint density at radius 3 is 3.04 bits per heavy atom. The Balaban J connectivity index is 1.80. The van der Waals surface area contributed by atoms with Gasteiger partial charge in [-0.05, 0) is 25.5 Å². The van der Waals surface area contributed by atoms with Crippen molar-refractivity contribution in [2.75, 3.05) is 20.2 Å². The molecule has 1 aromatic carbocycles. The zero-order valence-corrected chi connectivity index (χ0v) is 14.2. The van der Waals surface area contributed by atoms with Gasteiger partial charge in [-0.25, -0.2) is 4.98 Å². The maximum absolute atomic E-state index is 11.3. The number of ether oxygens (including phenoxy) is 1. The number of phenols is 1. The van der Waals surface area contributed by atoms with Crippen molar-refractivity contribution >= 4 is 17.0 Å². The highest BCUT2D eigenvalue weighted by atomic mass is 32.1. The molecule has 1 saturated heterocycles. The van der Waals surface area contributed by atoms with E-state index >= 15 is 0 Å². The topological polar surface area (TPSA) is 88.7 Å². The van der Waals surface area contributed by atoms with Crippen molar-refractivity contribution in [1.29, 1.82) is 0 Å². The molecule has 0 radical (unpaired) electrons. The molecule has 0 spiro atoms. The number of hydrogen-bond acceptors (Lipinski definition) is 7. The first-order valence-electron chi connectivity index (χ1n) is 7.74. The third-order valence-corrected chi connectivity index (χ3v) is 5.21. The van der Waals surface area contributed by atoms with Gasteiger partial charge in [-0.2, -0.15) is 0 Å². The molecular weight excluding hydrogens is 330 g/mol. The van der Waals surface area contributed by atoms with Gasteiger partial charge in [0.25, 0.3) is 5.69 Å². The number of methoxy groups -OCH3 is 1. The largest absolute Gasteiger partial charge is 0.504 e. The second-order valence-corrected chi connectivity index (χ2v) is 6.78. The second-order valence-electron chi connectivity index (χ2n) is 5.85. The number of piperidine rings is 1. The highest BCUT2D eigenvalue weighted by molar-refractivity contribution is 7.09. The minimum atomic E-state index is -0.462. The molecular formula is C16H19N3O4S. The summed E-state index contributed by atoms with van der Waals surface area (Å²) in [5.74, 6) is 0.410. The van der Waals surface area contributed by atoms with E-state index in [1.165, 1.54) is 7.11 Å². The molecule has 2 aromatic rings. The molecule has 7 nitrogen and oxygen atoms in total. The van der Waals surface area contributed by atoms with Crippen molar-refractivity contribution in [3.05, 3.63) is 44.4 Å². The zero-order valence-electron chi connectivity index (χ0n) is 13.3. The molecule has 3 rings (SSSR count). The van der Waals surface area contributed by atoms with Gasteiger partial charge < -0.3 is 9.84 Å². The third-order valence-electron chi connectivity index (χ3n) is 4.28. The molecule has 1 fully saturated rings. The molecule has 0 amide bonds. The van der Waals surface area contributed by atoms with Crippen LogP contribution in [0.4, 0.5) is 5.69 Å². The smallest absolute Gasteiger partial charge is 0.277 e. The maximum atomic E-state index is 11.3. The molecule has 24 heavy (non-hydrogen) atoms. The summed E-state index contributed by atoms with van der Waals surface area (Å²) < 4.78 is 5.09. The Hall–Kier alpha value is -2.19. The standard InChI is InChI=1S/C16H19N3O4S/c1-23-15-7-12(13(19(21)22)8-14(15)20)10-18-5-2-3-11(9-18)16-17-4-6-24-16/h4,6-8,11,20H,2-3,5,9-10H2,1H3/t11-/m0/s1. The van der Waals surface area contributed by atoms with Crippen molar-refractivity contribution < 1.29 is 14.8 Å². The Bertz CT molecular complexity index is 720. The second kappa shape index (κ2) is 7.14. The van der Waals surface area contributed by atoms with Gasteiger partial charge in [-0.1, -0.05) is 0 Å². The van der Waals surface area contributed by atoms with Crippen LogP contribution in [0.1, 0.15) is 29.3 Å². The van der Waals surface area contributed by atoms with Gasteiger partial charge in [0.2, 0.25) is 0 Å². The maximum Gasteiger partial charge on any atom is 0.277 e. The van der Waals surface area contributed by atoms with Gasteiger partial charge >= 0.3 is 0 Å². The molecule has 0 unspecified atom stereocenters. The summed E-state index contributed by atoms with van der Waals surface area (Å²) in [5.41, 5.74) is 0.471. The van der Waals surface area contributed by atoms with Crippen LogP contribution in [0.15, 0.2) is 23.7 Å². The first-order valence-corrected chi connectivity index (χ1v) is 8.62. The van der Waals surface area contributed by atoms with Gasteiger partial charge in [0.15, 0.2) is 11.5 Å². The van der Waals surface area contributed by atoms with Crippen molar-refractivity contribution in [1.82, 2.24) is 9.88 Å². The lowest BCUT2D eigenvalue weighted by atomic mass is 9.98. The van der Waals surface area contributed by atoms with Crippen LogP contribution in [0.25, 0.3) is 0 Å². The van der Waals surface area contributed by atoms with E-state index in [-0.39, 0.29) is 17.2 Å². The van der Waals surface area contributed by atoms with Gasteiger partial charge in [-0.15, -0.1) is 11.3 Å². The van der Waals surface area contributed by atoms with E-state index in [1.54, 1.807) is 17.4 Å². The lowest BCUT2D eigenvalue weighted by Gasteiger charge is -2.31. The normalized spacial score (nSPS) is 18.5. The number of aromatic hydroxyl groups is 1.